The van der Waals surface area contributed by atoms with Crippen LogP contribution in [0, 0.1) is 2.88 Å². The van der Waals surface area contributed by atoms with Crippen LogP contribution in [0.4, 0.5) is 0 Å². The molecule has 4 nitrogen and oxygen atoms in total. The van der Waals surface area contributed by atoms with E-state index in [9.17, 15) is 15.0 Å². The van der Waals surface area contributed by atoms with Crippen molar-refractivity contribution >= 4 is 39.8 Å². The molecule has 1 aromatic heterocycles. The number of benzene rings is 1. The summed E-state index contributed by atoms with van der Waals surface area (Å²) in [4.78, 5) is 13.1. The third-order valence-electron chi connectivity index (χ3n) is 3.23. The van der Waals surface area contributed by atoms with Crippen LogP contribution in [0.25, 0.3) is 0 Å². The standard InChI is InChI=1S/C16H18INO3S/c17-15-7-5-12(22-15)2-1-3-16(21)18-9-8-11-4-6-13(19)14(20)10-11/h4-7,10,19-20H,1-3,8-9H2,(H,18,21). The Labute approximate surface area is 147 Å². The molecule has 0 unspecified atom stereocenters. The molecule has 0 bridgehead atoms. The van der Waals surface area contributed by atoms with E-state index < -0.39 is 0 Å². The minimum absolute atomic E-state index is 0.0502. The van der Waals surface area contributed by atoms with Gasteiger partial charge in [0.25, 0.3) is 0 Å². The van der Waals surface area contributed by atoms with Crippen LogP contribution in [0.5, 0.6) is 11.5 Å². The van der Waals surface area contributed by atoms with Crippen LogP contribution in [0.1, 0.15) is 23.3 Å². The van der Waals surface area contributed by atoms with Crippen molar-refractivity contribution in [3.8, 4) is 11.5 Å². The van der Waals surface area contributed by atoms with Crippen molar-refractivity contribution in [2.75, 3.05) is 6.54 Å². The number of halogens is 1. The second kappa shape index (κ2) is 8.38. The summed E-state index contributed by atoms with van der Waals surface area (Å²) in [6.07, 6.45) is 2.94. The molecule has 118 valence electrons. The zero-order valence-corrected chi connectivity index (χ0v) is 15.0. The third-order valence-corrected chi connectivity index (χ3v) is 5.19. The van der Waals surface area contributed by atoms with Crippen molar-refractivity contribution in [2.45, 2.75) is 25.7 Å². The van der Waals surface area contributed by atoms with E-state index in [0.29, 0.717) is 19.4 Å². The number of amides is 1. The second-order valence-electron chi connectivity index (χ2n) is 4.98. The van der Waals surface area contributed by atoms with E-state index in [1.165, 1.54) is 19.9 Å². The molecule has 0 saturated heterocycles. The maximum atomic E-state index is 11.8. The number of rotatable bonds is 7. The van der Waals surface area contributed by atoms with Crippen LogP contribution in [0.15, 0.2) is 30.3 Å². The highest BCUT2D eigenvalue weighted by atomic mass is 127. The van der Waals surface area contributed by atoms with E-state index in [0.717, 1.165) is 18.4 Å². The number of aromatic hydroxyl groups is 2. The number of carbonyl (C=O) groups is 1. The van der Waals surface area contributed by atoms with Gasteiger partial charge in [-0.15, -0.1) is 11.3 Å². The predicted octanol–water partition coefficient (Wildman–Crippen LogP) is 3.45. The van der Waals surface area contributed by atoms with Crippen LogP contribution in [0.3, 0.4) is 0 Å². The molecule has 0 aliphatic carbocycles. The number of phenols is 2. The smallest absolute Gasteiger partial charge is 0.220 e. The highest BCUT2D eigenvalue weighted by Crippen LogP contribution is 2.24. The fourth-order valence-electron chi connectivity index (χ4n) is 2.07. The van der Waals surface area contributed by atoms with Crippen molar-refractivity contribution in [3.05, 3.63) is 43.7 Å². The molecule has 0 fully saturated rings. The Hall–Kier alpha value is -1.28. The molecule has 0 radical (unpaired) electrons. The number of carbonyl (C=O) groups excluding carboxylic acids is 1. The number of phenolic OH excluding ortho intramolecular Hbond substituents is 2. The number of hydrogen-bond acceptors (Lipinski definition) is 4. The minimum atomic E-state index is -0.130. The molecule has 0 saturated carbocycles. The molecule has 3 N–H and O–H groups in total. The average Bonchev–Trinajstić information content (AvgIpc) is 2.88. The van der Waals surface area contributed by atoms with Gasteiger partial charge in [0.05, 0.1) is 2.88 Å². The van der Waals surface area contributed by atoms with E-state index in [-0.39, 0.29) is 17.4 Å². The van der Waals surface area contributed by atoms with Gasteiger partial charge >= 0.3 is 0 Å². The maximum Gasteiger partial charge on any atom is 0.220 e. The molecule has 0 aliphatic heterocycles. The molecule has 22 heavy (non-hydrogen) atoms. The second-order valence-corrected chi connectivity index (χ2v) is 8.04. The summed E-state index contributed by atoms with van der Waals surface area (Å²) in [5.74, 6) is -0.209. The highest BCUT2D eigenvalue weighted by Gasteiger charge is 2.04. The zero-order valence-electron chi connectivity index (χ0n) is 12.0. The summed E-state index contributed by atoms with van der Waals surface area (Å²) in [7, 11) is 0. The van der Waals surface area contributed by atoms with Gasteiger partial charge in [0, 0.05) is 17.8 Å². The zero-order chi connectivity index (χ0) is 15.9. The Morgan fingerprint density at radius 3 is 2.64 bits per heavy atom. The molecule has 0 spiro atoms. The molecule has 0 atom stereocenters. The van der Waals surface area contributed by atoms with Gasteiger partial charge in [0.1, 0.15) is 0 Å². The first kappa shape index (κ1) is 17.1. The van der Waals surface area contributed by atoms with Crippen LogP contribution in [-0.2, 0) is 17.6 Å². The summed E-state index contributed by atoms with van der Waals surface area (Å²) < 4.78 is 1.27. The van der Waals surface area contributed by atoms with Crippen LogP contribution < -0.4 is 5.32 Å². The van der Waals surface area contributed by atoms with E-state index >= 15 is 0 Å². The summed E-state index contributed by atoms with van der Waals surface area (Å²) in [6, 6.07) is 8.91. The van der Waals surface area contributed by atoms with Gasteiger partial charge in [0.2, 0.25) is 5.91 Å². The molecule has 1 amide bonds. The number of hydrogen-bond donors (Lipinski definition) is 3. The van der Waals surface area contributed by atoms with Crippen molar-refractivity contribution in [2.24, 2.45) is 0 Å². The third kappa shape index (κ3) is 5.49. The topological polar surface area (TPSA) is 69.6 Å². The first-order valence-corrected chi connectivity index (χ1v) is 8.96. The molecular weight excluding hydrogens is 413 g/mol. The van der Waals surface area contributed by atoms with Crippen molar-refractivity contribution in [1.82, 2.24) is 5.32 Å². The number of nitrogens with one attached hydrogen (secondary N) is 1. The quantitative estimate of drug-likeness (QED) is 0.465. The molecule has 1 aromatic carbocycles. The molecule has 2 rings (SSSR count). The SMILES string of the molecule is O=C(CCCc1ccc(I)s1)NCCc1ccc(O)c(O)c1. The Morgan fingerprint density at radius 2 is 1.95 bits per heavy atom. The van der Waals surface area contributed by atoms with Gasteiger partial charge < -0.3 is 15.5 Å². The van der Waals surface area contributed by atoms with Crippen LogP contribution >= 0.6 is 33.9 Å². The molecule has 2 aromatic rings. The molecular formula is C16H18INO3S. The lowest BCUT2D eigenvalue weighted by molar-refractivity contribution is -0.121. The van der Waals surface area contributed by atoms with Gasteiger partial charge in [-0.2, -0.15) is 0 Å². The Bertz CT molecular complexity index is 642. The molecule has 0 aliphatic rings. The summed E-state index contributed by atoms with van der Waals surface area (Å²) in [5.41, 5.74) is 0.878. The normalized spacial score (nSPS) is 10.6. The fourth-order valence-corrected chi connectivity index (χ4v) is 3.87. The minimum Gasteiger partial charge on any atom is -0.504 e. The van der Waals surface area contributed by atoms with Gasteiger partial charge in [0.15, 0.2) is 11.5 Å². The summed E-state index contributed by atoms with van der Waals surface area (Å²) >= 11 is 4.07. The average molecular weight is 431 g/mol. The maximum absolute atomic E-state index is 11.8. The molecule has 6 heteroatoms. The van der Waals surface area contributed by atoms with E-state index in [4.69, 9.17) is 0 Å². The predicted molar refractivity (Wildman–Crippen MR) is 96.5 cm³/mol. The molecule has 1 heterocycles. The van der Waals surface area contributed by atoms with E-state index in [1.807, 2.05) is 0 Å². The first-order chi connectivity index (χ1) is 10.5. The van der Waals surface area contributed by atoms with Crippen molar-refractivity contribution < 1.29 is 15.0 Å². The largest absolute Gasteiger partial charge is 0.504 e. The fraction of sp³-hybridized carbons (Fsp3) is 0.312. The van der Waals surface area contributed by atoms with Crippen LogP contribution in [-0.4, -0.2) is 22.7 Å². The van der Waals surface area contributed by atoms with Gasteiger partial charge in [-0.3, -0.25) is 4.79 Å². The summed E-state index contributed by atoms with van der Waals surface area (Å²) in [5, 5.41) is 21.5. The lowest BCUT2D eigenvalue weighted by Crippen LogP contribution is -2.25. The Kier molecular flexibility index (Phi) is 6.50. The highest BCUT2D eigenvalue weighted by molar-refractivity contribution is 14.1. The van der Waals surface area contributed by atoms with E-state index in [1.54, 1.807) is 17.4 Å². The van der Waals surface area contributed by atoms with Gasteiger partial charge in [-0.1, -0.05) is 6.07 Å². The van der Waals surface area contributed by atoms with Crippen LogP contribution in [0.2, 0.25) is 0 Å². The summed E-state index contributed by atoms with van der Waals surface area (Å²) in [6.45, 7) is 0.528. The Morgan fingerprint density at radius 1 is 1.14 bits per heavy atom. The van der Waals surface area contributed by atoms with Crippen molar-refractivity contribution in [3.63, 3.8) is 0 Å². The lowest BCUT2D eigenvalue weighted by Gasteiger charge is -2.06. The lowest BCUT2D eigenvalue weighted by atomic mass is 10.1. The number of aryl methyl sites for hydroxylation is 1. The monoisotopic (exact) mass is 431 g/mol. The number of thiophene rings is 1. The first-order valence-electron chi connectivity index (χ1n) is 7.06. The van der Waals surface area contributed by atoms with Gasteiger partial charge in [-0.05, 0) is 71.7 Å². The Balaban J connectivity index is 1.64. The van der Waals surface area contributed by atoms with E-state index in [2.05, 4.69) is 40.0 Å². The van der Waals surface area contributed by atoms with Gasteiger partial charge in [-0.25, -0.2) is 0 Å². The van der Waals surface area contributed by atoms with Crippen molar-refractivity contribution in [1.29, 1.82) is 0 Å².